The Morgan fingerprint density at radius 2 is 1.86 bits per heavy atom. The van der Waals surface area contributed by atoms with E-state index in [9.17, 15) is 14.4 Å². The van der Waals surface area contributed by atoms with E-state index in [1.165, 1.54) is 0 Å². The Hall–Kier alpha value is -2.45. The highest BCUT2D eigenvalue weighted by Crippen LogP contribution is 2.16. The molecule has 2 heterocycles. The van der Waals surface area contributed by atoms with Gasteiger partial charge in [0, 0.05) is 50.5 Å². The molecular weight excluding hydrogens is 360 g/mol. The topological polar surface area (TPSA) is 105 Å². The van der Waals surface area contributed by atoms with E-state index in [1.54, 1.807) is 24.3 Å². The Kier molecular flexibility index (Phi) is 7.00. The third-order valence-electron chi connectivity index (χ3n) is 5.21. The number of hydrogen-bond donors (Lipinski definition) is 2. The molecule has 28 heavy (non-hydrogen) atoms. The van der Waals surface area contributed by atoms with Crippen LogP contribution in [0.3, 0.4) is 0 Å². The molecule has 0 saturated carbocycles. The molecule has 152 valence electrons. The molecule has 1 aromatic rings. The van der Waals surface area contributed by atoms with E-state index >= 15 is 0 Å². The summed E-state index contributed by atoms with van der Waals surface area (Å²) in [5, 5.41) is 2.83. The van der Waals surface area contributed by atoms with Crippen LogP contribution in [-0.4, -0.2) is 73.0 Å². The van der Waals surface area contributed by atoms with Crippen LogP contribution in [0.5, 0.6) is 0 Å². The normalized spacial score (nSPS) is 20.6. The molecule has 0 aliphatic carbocycles. The lowest BCUT2D eigenvalue weighted by molar-refractivity contribution is -0.140. The van der Waals surface area contributed by atoms with Crippen molar-refractivity contribution in [3.8, 4) is 0 Å². The van der Waals surface area contributed by atoms with E-state index < -0.39 is 5.91 Å². The van der Waals surface area contributed by atoms with Crippen molar-refractivity contribution in [1.29, 1.82) is 0 Å². The van der Waals surface area contributed by atoms with Gasteiger partial charge in [-0.05, 0) is 50.1 Å². The number of amides is 3. The molecule has 0 aromatic heterocycles. The Morgan fingerprint density at radius 1 is 1.07 bits per heavy atom. The van der Waals surface area contributed by atoms with E-state index in [0.717, 1.165) is 38.9 Å². The first kappa shape index (κ1) is 20.3. The van der Waals surface area contributed by atoms with Crippen LogP contribution in [0, 0.1) is 0 Å². The molecule has 1 aromatic carbocycles. The van der Waals surface area contributed by atoms with Gasteiger partial charge in [0.25, 0.3) is 5.91 Å². The summed E-state index contributed by atoms with van der Waals surface area (Å²) in [4.78, 5) is 39.9. The molecule has 2 aliphatic rings. The molecule has 0 bridgehead atoms. The molecule has 8 heteroatoms. The maximum atomic E-state index is 12.5. The smallest absolute Gasteiger partial charge is 0.251 e. The van der Waals surface area contributed by atoms with Gasteiger partial charge < -0.3 is 25.6 Å². The second kappa shape index (κ2) is 9.66. The van der Waals surface area contributed by atoms with Gasteiger partial charge in [-0.1, -0.05) is 0 Å². The largest absolute Gasteiger partial charge is 0.368 e. The number of benzene rings is 1. The van der Waals surface area contributed by atoms with Gasteiger partial charge in [-0.3, -0.25) is 14.4 Å². The number of anilines is 1. The molecule has 1 atom stereocenters. The maximum Gasteiger partial charge on any atom is 0.251 e. The second-order valence-electron chi connectivity index (χ2n) is 7.26. The van der Waals surface area contributed by atoms with Gasteiger partial charge in [0.1, 0.15) is 6.10 Å². The molecule has 3 amide bonds. The molecule has 2 fully saturated rings. The van der Waals surface area contributed by atoms with Crippen molar-refractivity contribution >= 4 is 23.4 Å². The fourth-order valence-electron chi connectivity index (χ4n) is 3.59. The standard InChI is InChI=1S/C20H28N4O4/c21-19(26)15-4-6-16(7-5-15)22-18(25)8-11-23-9-2-10-24(13-12-23)20(27)17-3-1-14-28-17/h4-7,17H,1-3,8-14H2,(H2,21,26)(H,22,25)/t17-/m0/s1. The molecule has 0 radical (unpaired) electrons. The van der Waals surface area contributed by atoms with Gasteiger partial charge >= 0.3 is 0 Å². The molecule has 2 saturated heterocycles. The summed E-state index contributed by atoms with van der Waals surface area (Å²) < 4.78 is 5.51. The van der Waals surface area contributed by atoms with Gasteiger partial charge in [0.15, 0.2) is 0 Å². The number of carbonyl (C=O) groups is 3. The van der Waals surface area contributed by atoms with Crippen molar-refractivity contribution in [2.24, 2.45) is 5.73 Å². The van der Waals surface area contributed by atoms with Crippen molar-refractivity contribution in [1.82, 2.24) is 9.80 Å². The summed E-state index contributed by atoms with van der Waals surface area (Å²) in [7, 11) is 0. The zero-order chi connectivity index (χ0) is 19.9. The van der Waals surface area contributed by atoms with Crippen LogP contribution in [0.25, 0.3) is 0 Å². The van der Waals surface area contributed by atoms with Crippen molar-refractivity contribution < 1.29 is 19.1 Å². The third kappa shape index (κ3) is 5.53. The number of nitrogens with one attached hydrogen (secondary N) is 1. The van der Waals surface area contributed by atoms with Gasteiger partial charge in [-0.2, -0.15) is 0 Å². The van der Waals surface area contributed by atoms with Crippen molar-refractivity contribution in [2.45, 2.75) is 31.8 Å². The summed E-state index contributed by atoms with van der Waals surface area (Å²) in [6.07, 6.45) is 2.78. The highest BCUT2D eigenvalue weighted by atomic mass is 16.5. The maximum absolute atomic E-state index is 12.5. The molecule has 3 N–H and O–H groups in total. The first-order valence-electron chi connectivity index (χ1n) is 9.85. The number of carbonyl (C=O) groups excluding carboxylic acids is 3. The van der Waals surface area contributed by atoms with E-state index in [-0.39, 0.29) is 17.9 Å². The average molecular weight is 388 g/mol. The first-order chi connectivity index (χ1) is 13.5. The highest BCUT2D eigenvalue weighted by Gasteiger charge is 2.29. The average Bonchev–Trinajstić information content (AvgIpc) is 3.12. The monoisotopic (exact) mass is 388 g/mol. The summed E-state index contributed by atoms with van der Waals surface area (Å²) in [5.41, 5.74) is 6.25. The first-order valence-corrected chi connectivity index (χ1v) is 9.85. The molecular formula is C20H28N4O4. The van der Waals surface area contributed by atoms with Gasteiger partial charge in [-0.25, -0.2) is 0 Å². The fourth-order valence-corrected chi connectivity index (χ4v) is 3.59. The summed E-state index contributed by atoms with van der Waals surface area (Å²) in [6.45, 7) is 4.38. The Morgan fingerprint density at radius 3 is 2.54 bits per heavy atom. The quantitative estimate of drug-likeness (QED) is 0.751. The molecule has 0 unspecified atom stereocenters. The summed E-state index contributed by atoms with van der Waals surface area (Å²) >= 11 is 0. The molecule has 2 aliphatic heterocycles. The van der Waals surface area contributed by atoms with E-state index in [2.05, 4.69) is 10.2 Å². The van der Waals surface area contributed by atoms with Crippen LogP contribution < -0.4 is 11.1 Å². The van der Waals surface area contributed by atoms with Crippen molar-refractivity contribution in [3.63, 3.8) is 0 Å². The lowest BCUT2D eigenvalue weighted by atomic mass is 10.2. The molecule has 0 spiro atoms. The van der Waals surface area contributed by atoms with E-state index in [0.29, 0.717) is 37.4 Å². The number of rotatable bonds is 6. The predicted molar refractivity (Wildman–Crippen MR) is 105 cm³/mol. The summed E-state index contributed by atoms with van der Waals surface area (Å²) in [5.74, 6) is -0.467. The van der Waals surface area contributed by atoms with Crippen LogP contribution in [-0.2, 0) is 14.3 Å². The second-order valence-corrected chi connectivity index (χ2v) is 7.26. The minimum Gasteiger partial charge on any atom is -0.368 e. The Balaban J connectivity index is 1.41. The Labute approximate surface area is 165 Å². The predicted octanol–water partition coefficient (Wildman–Crippen LogP) is 0.827. The Bertz CT molecular complexity index is 701. The zero-order valence-corrected chi connectivity index (χ0v) is 16.1. The lowest BCUT2D eigenvalue weighted by Gasteiger charge is -2.24. The van der Waals surface area contributed by atoms with Crippen LogP contribution in [0.1, 0.15) is 36.0 Å². The number of nitrogens with zero attached hydrogens (tertiary/aromatic N) is 2. The zero-order valence-electron chi connectivity index (χ0n) is 16.1. The molecule has 8 nitrogen and oxygen atoms in total. The van der Waals surface area contributed by atoms with Crippen LogP contribution in [0.4, 0.5) is 5.69 Å². The highest BCUT2D eigenvalue weighted by molar-refractivity contribution is 5.94. The van der Waals surface area contributed by atoms with Gasteiger partial charge in [0.05, 0.1) is 0 Å². The van der Waals surface area contributed by atoms with Crippen LogP contribution >= 0.6 is 0 Å². The number of ether oxygens (including phenoxy) is 1. The van der Waals surface area contributed by atoms with Crippen LogP contribution in [0.2, 0.25) is 0 Å². The number of primary amides is 1. The molecule has 3 rings (SSSR count). The number of hydrogen-bond acceptors (Lipinski definition) is 5. The number of nitrogens with two attached hydrogens (primary N) is 1. The van der Waals surface area contributed by atoms with Gasteiger partial charge in [-0.15, -0.1) is 0 Å². The minimum atomic E-state index is -0.494. The SMILES string of the molecule is NC(=O)c1ccc(NC(=O)CCN2CCCN(C(=O)[C@@H]3CCCO3)CC2)cc1. The van der Waals surface area contributed by atoms with Crippen LogP contribution in [0.15, 0.2) is 24.3 Å². The third-order valence-corrected chi connectivity index (χ3v) is 5.21. The fraction of sp³-hybridized carbons (Fsp3) is 0.550. The van der Waals surface area contributed by atoms with Gasteiger partial charge in [0.2, 0.25) is 11.8 Å². The van der Waals surface area contributed by atoms with Crippen molar-refractivity contribution in [2.75, 3.05) is 44.6 Å². The minimum absolute atomic E-state index is 0.0802. The lowest BCUT2D eigenvalue weighted by Crippen LogP contribution is -2.41. The summed E-state index contributed by atoms with van der Waals surface area (Å²) in [6, 6.07) is 6.51. The van der Waals surface area contributed by atoms with Crippen molar-refractivity contribution in [3.05, 3.63) is 29.8 Å². The van der Waals surface area contributed by atoms with E-state index in [4.69, 9.17) is 10.5 Å². The van der Waals surface area contributed by atoms with E-state index in [1.807, 2.05) is 4.90 Å².